The highest BCUT2D eigenvalue weighted by Crippen LogP contribution is 2.40. The Bertz CT molecular complexity index is 685. The van der Waals surface area contributed by atoms with Crippen LogP contribution in [0.3, 0.4) is 0 Å². The average Bonchev–Trinajstić information content (AvgIpc) is 3.26. The van der Waals surface area contributed by atoms with Crippen molar-refractivity contribution in [1.29, 1.82) is 0 Å². The van der Waals surface area contributed by atoms with Gasteiger partial charge in [-0.05, 0) is 38.5 Å². The maximum Gasteiger partial charge on any atom is 0.273 e. The first kappa shape index (κ1) is 16.2. The molecule has 1 aromatic heterocycles. The predicted molar refractivity (Wildman–Crippen MR) is 84.2 cm³/mol. The van der Waals surface area contributed by atoms with Gasteiger partial charge in [-0.3, -0.25) is 4.79 Å². The van der Waals surface area contributed by atoms with Crippen molar-refractivity contribution in [2.75, 3.05) is 0 Å². The van der Waals surface area contributed by atoms with Crippen molar-refractivity contribution in [3.8, 4) is 0 Å². The van der Waals surface area contributed by atoms with Crippen molar-refractivity contribution in [3.63, 3.8) is 0 Å². The Morgan fingerprint density at radius 3 is 2.48 bits per heavy atom. The van der Waals surface area contributed by atoms with Crippen LogP contribution in [0.1, 0.15) is 60.7 Å². The number of hydrogen-bond donors (Lipinski definition) is 2. The molecule has 8 heteroatoms. The molecule has 3 rings (SSSR count). The summed E-state index contributed by atoms with van der Waals surface area (Å²) in [7, 11) is -3.40. The van der Waals surface area contributed by atoms with Crippen LogP contribution in [-0.2, 0) is 10.0 Å². The molecule has 1 amide bonds. The zero-order valence-corrected chi connectivity index (χ0v) is 13.6. The lowest BCUT2D eigenvalue weighted by atomic mass is 9.92. The Balaban J connectivity index is 1.48. The van der Waals surface area contributed by atoms with Crippen molar-refractivity contribution in [3.05, 3.63) is 29.5 Å². The average molecular weight is 339 g/mol. The quantitative estimate of drug-likeness (QED) is 0.821. The molecule has 0 bridgehead atoms. The van der Waals surface area contributed by atoms with Crippen LogP contribution in [0, 0.1) is 0 Å². The summed E-state index contributed by atoms with van der Waals surface area (Å²) in [5, 5.41) is 7.69. The highest BCUT2D eigenvalue weighted by Gasteiger charge is 2.30. The fourth-order valence-corrected chi connectivity index (χ4v) is 3.65. The largest absolute Gasteiger partial charge is 0.360 e. The first-order valence-electron chi connectivity index (χ1n) is 7.89. The van der Waals surface area contributed by atoms with Crippen LogP contribution in [0.5, 0.6) is 0 Å². The summed E-state index contributed by atoms with van der Waals surface area (Å²) in [6.07, 6.45) is 5.02. The number of rotatable bonds is 6. The topological polar surface area (TPSA) is 101 Å². The SMILES string of the molecule is C=CS(=O)(=O)N[C@H]1CC[C@H](NC(=O)c2cc(C3CC3)on2)CC1. The van der Waals surface area contributed by atoms with Crippen LogP contribution in [-0.4, -0.2) is 31.6 Å². The Labute approximate surface area is 135 Å². The summed E-state index contributed by atoms with van der Waals surface area (Å²) >= 11 is 0. The fraction of sp³-hybridized carbons (Fsp3) is 0.600. The highest BCUT2D eigenvalue weighted by atomic mass is 32.2. The number of nitrogens with zero attached hydrogens (tertiary/aromatic N) is 1. The number of carbonyl (C=O) groups excluding carboxylic acids is 1. The van der Waals surface area contributed by atoms with Crippen molar-refractivity contribution >= 4 is 15.9 Å². The predicted octanol–water partition coefficient (Wildman–Crippen LogP) is 1.66. The Hall–Kier alpha value is -1.67. The van der Waals surface area contributed by atoms with Gasteiger partial charge in [-0.15, -0.1) is 0 Å². The monoisotopic (exact) mass is 339 g/mol. The van der Waals surface area contributed by atoms with E-state index in [1.807, 2.05) is 0 Å². The fourth-order valence-electron chi connectivity index (χ4n) is 2.85. The van der Waals surface area contributed by atoms with E-state index < -0.39 is 10.0 Å². The molecule has 2 aliphatic rings. The molecule has 0 spiro atoms. The van der Waals surface area contributed by atoms with Crippen molar-refractivity contribution in [1.82, 2.24) is 15.2 Å². The van der Waals surface area contributed by atoms with Gasteiger partial charge in [-0.2, -0.15) is 0 Å². The Morgan fingerprint density at radius 2 is 1.87 bits per heavy atom. The minimum atomic E-state index is -3.40. The van der Waals surface area contributed by atoms with Crippen LogP contribution in [0.15, 0.2) is 22.6 Å². The van der Waals surface area contributed by atoms with Gasteiger partial charge >= 0.3 is 0 Å². The minimum absolute atomic E-state index is 0.0352. The highest BCUT2D eigenvalue weighted by molar-refractivity contribution is 7.92. The van der Waals surface area contributed by atoms with E-state index in [4.69, 9.17) is 4.52 Å². The van der Waals surface area contributed by atoms with Gasteiger partial charge in [-0.1, -0.05) is 11.7 Å². The van der Waals surface area contributed by atoms with Gasteiger partial charge in [0, 0.05) is 29.5 Å². The van der Waals surface area contributed by atoms with Crippen LogP contribution >= 0.6 is 0 Å². The number of amides is 1. The zero-order valence-electron chi connectivity index (χ0n) is 12.8. The summed E-state index contributed by atoms with van der Waals surface area (Å²) in [6.45, 7) is 3.28. The van der Waals surface area contributed by atoms with E-state index in [1.165, 1.54) is 0 Å². The van der Waals surface area contributed by atoms with Crippen LogP contribution in [0.25, 0.3) is 0 Å². The van der Waals surface area contributed by atoms with E-state index in [2.05, 4.69) is 21.8 Å². The smallest absolute Gasteiger partial charge is 0.273 e. The lowest BCUT2D eigenvalue weighted by Crippen LogP contribution is -2.43. The first-order valence-corrected chi connectivity index (χ1v) is 9.44. The number of hydrogen-bond acceptors (Lipinski definition) is 5. The maximum absolute atomic E-state index is 12.2. The molecule has 2 aliphatic carbocycles. The summed E-state index contributed by atoms with van der Waals surface area (Å²) in [5.74, 6) is 0.992. The van der Waals surface area contributed by atoms with Crippen LogP contribution < -0.4 is 10.0 Å². The second-order valence-electron chi connectivity index (χ2n) is 6.24. The maximum atomic E-state index is 12.2. The van der Waals surface area contributed by atoms with Crippen molar-refractivity contribution in [2.24, 2.45) is 0 Å². The summed E-state index contributed by atoms with van der Waals surface area (Å²) in [4.78, 5) is 12.2. The molecule has 0 atom stereocenters. The van der Waals surface area contributed by atoms with Crippen molar-refractivity contribution in [2.45, 2.75) is 56.5 Å². The van der Waals surface area contributed by atoms with Gasteiger partial charge in [0.1, 0.15) is 5.76 Å². The third-order valence-corrected chi connectivity index (χ3v) is 5.45. The van der Waals surface area contributed by atoms with Crippen molar-refractivity contribution < 1.29 is 17.7 Å². The third kappa shape index (κ3) is 4.20. The molecule has 23 heavy (non-hydrogen) atoms. The van der Waals surface area contributed by atoms with Crippen LogP contribution in [0.4, 0.5) is 0 Å². The molecule has 126 valence electrons. The van der Waals surface area contributed by atoms with Gasteiger partial charge < -0.3 is 9.84 Å². The third-order valence-electron chi connectivity index (χ3n) is 4.35. The first-order chi connectivity index (χ1) is 11.0. The molecule has 0 radical (unpaired) electrons. The van der Waals surface area contributed by atoms with Gasteiger partial charge in [0.05, 0.1) is 0 Å². The number of nitrogens with one attached hydrogen (secondary N) is 2. The summed E-state index contributed by atoms with van der Waals surface area (Å²) in [5.41, 5.74) is 0.321. The molecule has 2 fully saturated rings. The lowest BCUT2D eigenvalue weighted by molar-refractivity contribution is 0.0916. The van der Waals surface area contributed by atoms with E-state index in [0.717, 1.165) is 36.9 Å². The summed E-state index contributed by atoms with van der Waals surface area (Å²) in [6, 6.07) is 1.66. The second kappa shape index (κ2) is 6.45. The molecule has 0 unspecified atom stereocenters. The Kier molecular flexibility index (Phi) is 4.54. The molecule has 1 heterocycles. The number of sulfonamides is 1. The minimum Gasteiger partial charge on any atom is -0.360 e. The Morgan fingerprint density at radius 1 is 1.22 bits per heavy atom. The molecule has 2 saturated carbocycles. The molecule has 1 aromatic rings. The van der Waals surface area contributed by atoms with E-state index in [-0.39, 0.29) is 18.0 Å². The standard InChI is InChI=1S/C15H21N3O4S/c1-2-23(20,21)18-12-7-5-11(6-8-12)16-15(19)13-9-14(22-17-13)10-3-4-10/h2,9-12,18H,1,3-8H2,(H,16,19)/t11-,12-. The second-order valence-corrected chi connectivity index (χ2v) is 7.90. The van der Waals surface area contributed by atoms with E-state index in [0.29, 0.717) is 24.5 Å². The van der Waals surface area contributed by atoms with E-state index >= 15 is 0 Å². The van der Waals surface area contributed by atoms with Gasteiger partial charge in [0.2, 0.25) is 10.0 Å². The number of aromatic nitrogens is 1. The molecule has 7 nitrogen and oxygen atoms in total. The molecular formula is C15H21N3O4S. The lowest BCUT2D eigenvalue weighted by Gasteiger charge is -2.28. The van der Waals surface area contributed by atoms with Gasteiger partial charge in [0.15, 0.2) is 5.69 Å². The molecule has 0 aliphatic heterocycles. The normalized spacial score (nSPS) is 25.0. The molecule has 2 N–H and O–H groups in total. The molecular weight excluding hydrogens is 318 g/mol. The summed E-state index contributed by atoms with van der Waals surface area (Å²) < 4.78 is 30.7. The van der Waals surface area contributed by atoms with E-state index in [9.17, 15) is 13.2 Å². The molecule has 0 aromatic carbocycles. The van der Waals surface area contributed by atoms with Gasteiger partial charge in [0.25, 0.3) is 5.91 Å². The van der Waals surface area contributed by atoms with E-state index in [1.54, 1.807) is 6.07 Å². The molecule has 0 saturated heterocycles. The number of carbonyl (C=O) groups is 1. The van der Waals surface area contributed by atoms with Crippen LogP contribution in [0.2, 0.25) is 0 Å². The van der Waals surface area contributed by atoms with Gasteiger partial charge in [-0.25, -0.2) is 13.1 Å². The zero-order chi connectivity index (χ0) is 16.4.